The van der Waals surface area contributed by atoms with Crippen molar-refractivity contribution in [3.05, 3.63) is 70.3 Å². The van der Waals surface area contributed by atoms with Crippen LogP contribution in [0, 0.1) is 19.8 Å². The molecule has 0 aliphatic carbocycles. The molecule has 0 spiro atoms. The Morgan fingerprint density at radius 1 is 0.800 bits per heavy atom. The second kappa shape index (κ2) is 18.4. The van der Waals surface area contributed by atoms with Crippen LogP contribution in [0.3, 0.4) is 0 Å². The smallest absolute Gasteiger partial charge is 0.276 e. The fraction of sp³-hybridized carbons (Fsp3) is 0.432. The standard InChI is InChI=1S/C44H54N14O7/c1-6-56-32(14-25(4)52-56)41(62)50-43-48-30-16-27(39(45)60)18-34(64-13-9-11-47-36(59)22-54-20-24(3)21-54)37(30)55(43)12-8-10-29-23-65-35-19-28(40(46)61)17-31-38(35)58(29)44(49-31)51-42(63)33-15-26(5)53-57(33)7-2/h14-19,24,29H,6-13,20-23H2,1-5H3,(H2,45,60)(H2,46,61)(H,47,59)(H,48,50,62)(H,49,51,63)/t29-/m0/s1. The van der Waals surface area contributed by atoms with Gasteiger partial charge in [-0.1, -0.05) is 6.92 Å². The van der Waals surface area contributed by atoms with Crippen molar-refractivity contribution in [3.8, 4) is 11.5 Å². The zero-order valence-electron chi connectivity index (χ0n) is 37.1. The van der Waals surface area contributed by atoms with Gasteiger partial charge in [-0.05, 0) is 89.3 Å². The number of carbonyl (C=O) groups excluding carboxylic acids is 5. The molecule has 2 aliphatic rings. The van der Waals surface area contributed by atoms with Crippen LogP contribution in [0.4, 0.5) is 11.9 Å². The van der Waals surface area contributed by atoms with E-state index >= 15 is 0 Å². The Kier molecular flexibility index (Phi) is 12.6. The molecule has 5 amide bonds. The van der Waals surface area contributed by atoms with Gasteiger partial charge in [0.1, 0.15) is 40.5 Å². The van der Waals surface area contributed by atoms with Crippen LogP contribution in [-0.2, 0) is 24.4 Å². The van der Waals surface area contributed by atoms with Crippen LogP contribution in [0.15, 0.2) is 36.4 Å². The first kappa shape index (κ1) is 44.3. The molecule has 1 saturated heterocycles. The summed E-state index contributed by atoms with van der Waals surface area (Å²) in [5.41, 5.74) is 15.8. The van der Waals surface area contributed by atoms with Gasteiger partial charge in [0.25, 0.3) is 11.8 Å². The normalized spacial score (nSPS) is 14.9. The van der Waals surface area contributed by atoms with Gasteiger partial charge in [0.05, 0.1) is 41.6 Å². The lowest BCUT2D eigenvalue weighted by atomic mass is 10.0. The van der Waals surface area contributed by atoms with E-state index in [1.54, 1.807) is 52.7 Å². The average molecular weight is 891 g/mol. The second-order valence-electron chi connectivity index (χ2n) is 16.6. The summed E-state index contributed by atoms with van der Waals surface area (Å²) in [6.45, 7) is 13.7. The third-order valence-electron chi connectivity index (χ3n) is 11.6. The van der Waals surface area contributed by atoms with Gasteiger partial charge in [-0.15, -0.1) is 0 Å². The van der Waals surface area contributed by atoms with Gasteiger partial charge in [-0.2, -0.15) is 10.2 Å². The van der Waals surface area contributed by atoms with E-state index in [9.17, 15) is 24.0 Å². The molecule has 8 rings (SSSR count). The number of carbonyl (C=O) groups is 5. The van der Waals surface area contributed by atoms with Gasteiger partial charge in [0.2, 0.25) is 29.6 Å². The van der Waals surface area contributed by atoms with Gasteiger partial charge in [-0.3, -0.25) is 48.9 Å². The molecule has 342 valence electrons. The van der Waals surface area contributed by atoms with E-state index in [4.69, 9.17) is 30.9 Å². The SMILES string of the molecule is CCn1nc(C)cc1C(=O)Nc1nc2cc(C(N)=O)cc(OCCCNC(=O)CN3CC(C)C3)c2n1CCC[C@H]1COc2cc(C(N)=O)cc3nc(NC(=O)c4cc(C)nn4CC)n1c23. The molecule has 1 atom stereocenters. The highest BCUT2D eigenvalue weighted by molar-refractivity contribution is 6.05. The van der Waals surface area contributed by atoms with Crippen LogP contribution in [0.25, 0.3) is 22.1 Å². The van der Waals surface area contributed by atoms with Crippen molar-refractivity contribution in [2.75, 3.05) is 50.0 Å². The molecule has 0 bridgehead atoms. The zero-order valence-corrected chi connectivity index (χ0v) is 37.1. The van der Waals surface area contributed by atoms with Crippen molar-refractivity contribution in [3.63, 3.8) is 0 Å². The lowest BCUT2D eigenvalue weighted by Gasteiger charge is -2.36. The minimum absolute atomic E-state index is 0.0553. The van der Waals surface area contributed by atoms with Crippen molar-refractivity contribution < 1.29 is 33.4 Å². The number of nitrogens with two attached hydrogens (primary N) is 2. The number of aromatic nitrogens is 8. The van der Waals surface area contributed by atoms with E-state index in [2.05, 4.69) is 38.0 Å². The minimum atomic E-state index is -0.684. The molecule has 2 aliphatic heterocycles. The van der Waals surface area contributed by atoms with Gasteiger partial charge in [0, 0.05) is 50.4 Å². The first-order chi connectivity index (χ1) is 31.2. The molecule has 2 aromatic carbocycles. The Hall–Kier alpha value is -7.29. The number of rotatable bonds is 19. The Bertz CT molecular complexity index is 2830. The van der Waals surface area contributed by atoms with Crippen LogP contribution in [-0.4, -0.2) is 112 Å². The molecule has 7 N–H and O–H groups in total. The number of aryl methyl sites for hydroxylation is 5. The zero-order chi connectivity index (χ0) is 46.1. The summed E-state index contributed by atoms with van der Waals surface area (Å²) < 4.78 is 19.5. The number of hydrogen-bond acceptors (Lipinski definition) is 12. The average Bonchev–Trinajstić information content (AvgIpc) is 4.03. The molecule has 4 aromatic heterocycles. The van der Waals surface area contributed by atoms with E-state index in [0.29, 0.717) is 114 Å². The number of nitrogens with one attached hydrogen (secondary N) is 3. The Morgan fingerprint density at radius 2 is 1.40 bits per heavy atom. The van der Waals surface area contributed by atoms with E-state index in [0.717, 1.165) is 13.1 Å². The summed E-state index contributed by atoms with van der Waals surface area (Å²) in [6, 6.07) is 9.31. The van der Waals surface area contributed by atoms with Crippen molar-refractivity contribution in [1.29, 1.82) is 0 Å². The molecule has 65 heavy (non-hydrogen) atoms. The van der Waals surface area contributed by atoms with Crippen LogP contribution in [0.5, 0.6) is 11.5 Å². The predicted octanol–water partition coefficient (Wildman–Crippen LogP) is 3.39. The number of benzene rings is 2. The van der Waals surface area contributed by atoms with E-state index in [1.165, 1.54) is 0 Å². The maximum atomic E-state index is 13.9. The van der Waals surface area contributed by atoms with Crippen LogP contribution in [0.2, 0.25) is 0 Å². The maximum absolute atomic E-state index is 13.9. The molecule has 1 fully saturated rings. The van der Waals surface area contributed by atoms with Gasteiger partial charge < -0.3 is 35.4 Å². The van der Waals surface area contributed by atoms with Gasteiger partial charge >= 0.3 is 0 Å². The second-order valence-corrected chi connectivity index (χ2v) is 16.6. The fourth-order valence-electron chi connectivity index (χ4n) is 8.61. The first-order valence-electron chi connectivity index (χ1n) is 21.9. The Morgan fingerprint density at radius 3 is 2.02 bits per heavy atom. The van der Waals surface area contributed by atoms with Crippen molar-refractivity contribution in [2.45, 2.75) is 79.6 Å². The predicted molar refractivity (Wildman–Crippen MR) is 240 cm³/mol. The number of anilines is 2. The van der Waals surface area contributed by atoms with Gasteiger partial charge in [0.15, 0.2) is 0 Å². The number of nitrogens with zero attached hydrogens (tertiary/aromatic N) is 9. The lowest BCUT2D eigenvalue weighted by molar-refractivity contribution is -0.123. The van der Waals surface area contributed by atoms with Crippen LogP contribution in [0.1, 0.15) is 99.2 Å². The van der Waals surface area contributed by atoms with E-state index < -0.39 is 23.6 Å². The lowest BCUT2D eigenvalue weighted by Crippen LogP contribution is -2.49. The largest absolute Gasteiger partial charge is 0.491 e. The summed E-state index contributed by atoms with van der Waals surface area (Å²) in [6.07, 6.45) is 1.44. The number of ether oxygens (including phenoxy) is 2. The highest BCUT2D eigenvalue weighted by atomic mass is 16.5. The number of imidazole rings is 2. The number of primary amides is 2. The summed E-state index contributed by atoms with van der Waals surface area (Å²) in [5, 5.41) is 17.8. The molecule has 0 radical (unpaired) electrons. The first-order valence-corrected chi connectivity index (χ1v) is 21.9. The molecule has 21 heteroatoms. The quantitative estimate of drug-likeness (QED) is 0.0733. The third kappa shape index (κ3) is 9.22. The molecule has 0 unspecified atom stereocenters. The third-order valence-corrected chi connectivity index (χ3v) is 11.6. The summed E-state index contributed by atoms with van der Waals surface area (Å²) in [7, 11) is 0. The van der Waals surface area contributed by atoms with Crippen LogP contribution >= 0.6 is 0 Å². The number of fused-ring (bicyclic) bond motifs is 1. The summed E-state index contributed by atoms with van der Waals surface area (Å²) >= 11 is 0. The maximum Gasteiger partial charge on any atom is 0.276 e. The van der Waals surface area contributed by atoms with Crippen molar-refractivity contribution >= 4 is 63.5 Å². The Labute approximate surface area is 373 Å². The highest BCUT2D eigenvalue weighted by Gasteiger charge is 2.31. The fourth-order valence-corrected chi connectivity index (χ4v) is 8.61. The topological polar surface area (TPSA) is 266 Å². The molecule has 6 heterocycles. The highest BCUT2D eigenvalue weighted by Crippen LogP contribution is 2.39. The van der Waals surface area contributed by atoms with E-state index in [1.807, 2.05) is 29.9 Å². The molecular weight excluding hydrogens is 837 g/mol. The number of amides is 5. The molecule has 21 nitrogen and oxygen atoms in total. The van der Waals surface area contributed by atoms with E-state index in [-0.39, 0.29) is 48.2 Å². The molecule has 6 aromatic rings. The molecular formula is C44H54N14O7. The Balaban J connectivity index is 1.09. The summed E-state index contributed by atoms with van der Waals surface area (Å²) in [5.74, 6) is -0.444. The number of likely N-dealkylation sites (tertiary alicyclic amines) is 1. The van der Waals surface area contributed by atoms with Gasteiger partial charge in [-0.25, -0.2) is 9.97 Å². The number of hydrogen-bond donors (Lipinski definition) is 5. The summed E-state index contributed by atoms with van der Waals surface area (Å²) in [4.78, 5) is 76.7. The molecule has 0 saturated carbocycles. The minimum Gasteiger partial charge on any atom is -0.491 e. The van der Waals surface area contributed by atoms with Crippen molar-refractivity contribution in [1.82, 2.24) is 48.9 Å². The van der Waals surface area contributed by atoms with Crippen LogP contribution < -0.4 is 36.9 Å². The monoisotopic (exact) mass is 890 g/mol. The van der Waals surface area contributed by atoms with Crippen molar-refractivity contribution in [2.24, 2.45) is 17.4 Å².